The van der Waals surface area contributed by atoms with Crippen LogP contribution < -0.4 is 10.6 Å². The van der Waals surface area contributed by atoms with Crippen molar-refractivity contribution in [3.63, 3.8) is 0 Å². The van der Waals surface area contributed by atoms with Gasteiger partial charge in [0.15, 0.2) is 0 Å². The molecule has 0 heterocycles. The minimum absolute atomic E-state index is 0.142. The smallest absolute Gasteiger partial charge is 0.244 e. The number of amides is 2. The fourth-order valence-corrected chi connectivity index (χ4v) is 2.85. The molecule has 2 rings (SSSR count). The average molecular weight is 466 g/mol. The van der Waals surface area contributed by atoms with Crippen LogP contribution in [-0.4, -0.2) is 18.4 Å². The third kappa shape index (κ3) is 6.48. The predicted octanol–water partition coefficient (Wildman–Crippen LogP) is 4.68. The Morgan fingerprint density at radius 3 is 2.64 bits per heavy atom. The molecule has 0 radical (unpaired) electrons. The van der Waals surface area contributed by atoms with Crippen LogP contribution in [0.15, 0.2) is 57.5 Å². The van der Waals surface area contributed by atoms with E-state index in [2.05, 4.69) is 42.5 Å². The summed E-state index contributed by atoms with van der Waals surface area (Å²) in [5.74, 6) is -0.376. The van der Waals surface area contributed by atoms with E-state index < -0.39 is 0 Å². The molecule has 2 aromatic rings. The fourth-order valence-electron chi connectivity index (χ4n) is 2.08. The molecule has 130 valence electrons. The van der Waals surface area contributed by atoms with Crippen LogP contribution in [0.25, 0.3) is 6.08 Å². The van der Waals surface area contributed by atoms with Gasteiger partial charge in [-0.15, -0.1) is 0 Å². The van der Waals surface area contributed by atoms with E-state index in [1.807, 2.05) is 49.4 Å². The van der Waals surface area contributed by atoms with Crippen LogP contribution in [0.2, 0.25) is 0 Å². The second kappa shape index (κ2) is 9.53. The Bertz CT molecular complexity index is 804. The van der Waals surface area contributed by atoms with Gasteiger partial charge in [0.1, 0.15) is 0 Å². The summed E-state index contributed by atoms with van der Waals surface area (Å²) in [6.07, 6.45) is 3.39. The van der Waals surface area contributed by atoms with Crippen LogP contribution in [0.3, 0.4) is 0 Å². The third-order valence-corrected chi connectivity index (χ3v) is 4.66. The van der Waals surface area contributed by atoms with Crippen molar-refractivity contribution in [2.75, 3.05) is 11.9 Å². The highest BCUT2D eigenvalue weighted by atomic mass is 79.9. The van der Waals surface area contributed by atoms with Crippen molar-refractivity contribution < 1.29 is 9.59 Å². The van der Waals surface area contributed by atoms with Gasteiger partial charge in [-0.1, -0.05) is 56.1 Å². The maximum Gasteiger partial charge on any atom is 0.244 e. The summed E-state index contributed by atoms with van der Waals surface area (Å²) in [6, 6.07) is 13.3. The zero-order valence-corrected chi connectivity index (χ0v) is 16.9. The Morgan fingerprint density at radius 1 is 1.12 bits per heavy atom. The molecule has 0 saturated heterocycles. The lowest BCUT2D eigenvalue weighted by Crippen LogP contribution is -2.26. The van der Waals surface area contributed by atoms with Crippen molar-refractivity contribution in [1.82, 2.24) is 5.32 Å². The number of benzene rings is 2. The van der Waals surface area contributed by atoms with Gasteiger partial charge in [0.25, 0.3) is 0 Å². The minimum Gasteiger partial charge on any atom is -0.352 e. The molecule has 0 aromatic heterocycles. The Kier molecular flexibility index (Phi) is 7.40. The van der Waals surface area contributed by atoms with Crippen molar-refractivity contribution in [1.29, 1.82) is 0 Å². The van der Waals surface area contributed by atoms with Gasteiger partial charge < -0.3 is 10.6 Å². The molecule has 0 fully saturated rings. The first-order chi connectivity index (χ1) is 12.0. The quantitative estimate of drug-likeness (QED) is 0.608. The summed E-state index contributed by atoms with van der Waals surface area (Å²) >= 11 is 6.80. The summed E-state index contributed by atoms with van der Waals surface area (Å²) in [4.78, 5) is 23.8. The average Bonchev–Trinajstić information content (AvgIpc) is 2.57. The maximum atomic E-state index is 12.0. The number of hydrogen-bond acceptors (Lipinski definition) is 2. The van der Waals surface area contributed by atoms with Gasteiger partial charge in [-0.2, -0.15) is 0 Å². The molecule has 0 saturated carbocycles. The lowest BCUT2D eigenvalue weighted by molar-refractivity contribution is -0.117. The van der Waals surface area contributed by atoms with E-state index in [4.69, 9.17) is 0 Å². The second-order valence-electron chi connectivity index (χ2n) is 5.40. The summed E-state index contributed by atoms with van der Waals surface area (Å²) in [7, 11) is 0. The van der Waals surface area contributed by atoms with Crippen molar-refractivity contribution in [2.45, 2.75) is 13.3 Å². The van der Waals surface area contributed by atoms with Gasteiger partial charge in [-0.05, 0) is 42.3 Å². The normalized spacial score (nSPS) is 10.7. The Hall–Kier alpha value is -1.92. The highest BCUT2D eigenvalue weighted by Gasteiger charge is 2.06. The van der Waals surface area contributed by atoms with Crippen molar-refractivity contribution in [2.24, 2.45) is 0 Å². The molecule has 0 aliphatic heterocycles. The molecule has 6 heteroatoms. The van der Waals surface area contributed by atoms with E-state index >= 15 is 0 Å². The van der Waals surface area contributed by atoms with E-state index in [-0.39, 0.29) is 24.8 Å². The van der Waals surface area contributed by atoms with Gasteiger partial charge in [0.2, 0.25) is 11.8 Å². The highest BCUT2D eigenvalue weighted by molar-refractivity contribution is 9.10. The summed E-state index contributed by atoms with van der Waals surface area (Å²) in [5, 5.41) is 5.55. The maximum absolute atomic E-state index is 12.0. The number of carbonyl (C=O) groups excluding carboxylic acids is 2. The molecule has 0 atom stereocenters. The van der Waals surface area contributed by atoms with Crippen molar-refractivity contribution in [3.05, 3.63) is 68.6 Å². The van der Waals surface area contributed by atoms with Crippen LogP contribution in [0.1, 0.15) is 17.5 Å². The lowest BCUT2D eigenvalue weighted by atomic mass is 10.2. The van der Waals surface area contributed by atoms with Crippen LogP contribution >= 0.6 is 31.9 Å². The van der Waals surface area contributed by atoms with Gasteiger partial charge in [0.05, 0.1) is 0 Å². The van der Waals surface area contributed by atoms with E-state index in [9.17, 15) is 9.59 Å². The van der Waals surface area contributed by atoms with E-state index in [1.54, 1.807) is 6.08 Å². The molecule has 0 unspecified atom stereocenters. The van der Waals surface area contributed by atoms with E-state index in [1.165, 1.54) is 6.08 Å². The molecular weight excluding hydrogens is 448 g/mol. The number of nitrogens with one attached hydrogen (secondary N) is 2. The first-order valence-electron chi connectivity index (χ1n) is 7.72. The molecule has 2 aromatic carbocycles. The Labute approximate surface area is 164 Å². The van der Waals surface area contributed by atoms with Gasteiger partial charge in [-0.25, -0.2) is 0 Å². The Balaban J connectivity index is 1.78. The number of rotatable bonds is 6. The zero-order valence-electron chi connectivity index (χ0n) is 13.7. The summed E-state index contributed by atoms with van der Waals surface area (Å²) in [5.41, 5.74) is 2.66. The first-order valence-corrected chi connectivity index (χ1v) is 9.31. The van der Waals surface area contributed by atoms with Gasteiger partial charge in [-0.3, -0.25) is 9.59 Å². The third-order valence-electron chi connectivity index (χ3n) is 3.44. The summed E-state index contributed by atoms with van der Waals surface area (Å²) in [6.45, 7) is 2.20. The van der Waals surface area contributed by atoms with Crippen LogP contribution in [0.5, 0.6) is 0 Å². The number of anilines is 1. The summed E-state index contributed by atoms with van der Waals surface area (Å²) < 4.78 is 1.82. The van der Waals surface area contributed by atoms with Crippen LogP contribution in [0.4, 0.5) is 5.69 Å². The van der Waals surface area contributed by atoms with E-state index in [0.717, 1.165) is 25.8 Å². The molecule has 2 amide bonds. The molecule has 2 N–H and O–H groups in total. The number of carbonyl (C=O) groups is 2. The van der Waals surface area contributed by atoms with Crippen molar-refractivity contribution in [3.8, 4) is 0 Å². The molecular formula is C19H18Br2N2O2. The molecule has 0 aliphatic rings. The monoisotopic (exact) mass is 464 g/mol. The Morgan fingerprint density at radius 2 is 1.88 bits per heavy atom. The van der Waals surface area contributed by atoms with Gasteiger partial charge in [0, 0.05) is 33.7 Å². The SMILES string of the molecule is Cc1ccc(Br)cc1NC(=O)CCNC(=O)/C=C/c1ccccc1Br. The molecule has 25 heavy (non-hydrogen) atoms. The number of halogens is 2. The van der Waals surface area contributed by atoms with Gasteiger partial charge >= 0.3 is 0 Å². The standard InChI is InChI=1S/C19H18Br2N2O2/c1-13-6-8-15(20)12-17(13)23-19(25)10-11-22-18(24)9-7-14-4-2-3-5-16(14)21/h2-9,12H,10-11H2,1H3,(H,22,24)(H,23,25)/b9-7+. The number of aryl methyl sites for hydroxylation is 1. The van der Waals surface area contributed by atoms with Crippen LogP contribution in [0, 0.1) is 6.92 Å². The van der Waals surface area contributed by atoms with E-state index in [0.29, 0.717) is 0 Å². The molecule has 0 bridgehead atoms. The predicted molar refractivity (Wildman–Crippen MR) is 108 cm³/mol. The number of hydrogen-bond donors (Lipinski definition) is 2. The zero-order chi connectivity index (χ0) is 18.2. The lowest BCUT2D eigenvalue weighted by Gasteiger charge is -2.09. The molecule has 4 nitrogen and oxygen atoms in total. The minimum atomic E-state index is -0.234. The highest BCUT2D eigenvalue weighted by Crippen LogP contribution is 2.20. The molecule has 0 aliphatic carbocycles. The second-order valence-corrected chi connectivity index (χ2v) is 7.17. The van der Waals surface area contributed by atoms with Crippen LogP contribution in [-0.2, 0) is 9.59 Å². The van der Waals surface area contributed by atoms with Crippen molar-refractivity contribution >= 4 is 55.4 Å². The first kappa shape index (κ1) is 19.4. The fraction of sp³-hybridized carbons (Fsp3) is 0.158. The molecule has 0 spiro atoms. The topological polar surface area (TPSA) is 58.2 Å². The largest absolute Gasteiger partial charge is 0.352 e.